The summed E-state index contributed by atoms with van der Waals surface area (Å²) in [5.41, 5.74) is -1.27. The second-order valence-electron chi connectivity index (χ2n) is 3.27. The lowest BCUT2D eigenvalue weighted by Crippen LogP contribution is -2.08. The summed E-state index contributed by atoms with van der Waals surface area (Å²) in [7, 11) is 1.12. The highest BCUT2D eigenvalue weighted by Crippen LogP contribution is 2.33. The van der Waals surface area contributed by atoms with Gasteiger partial charge in [-0.1, -0.05) is 6.07 Å². The van der Waals surface area contributed by atoms with Crippen molar-refractivity contribution in [2.24, 2.45) is 0 Å². The van der Waals surface area contributed by atoms with Gasteiger partial charge in [0.05, 0.1) is 24.3 Å². The minimum absolute atomic E-state index is 0.0995. The molecule has 0 atom stereocenters. The van der Waals surface area contributed by atoms with Crippen LogP contribution in [0.5, 0.6) is 0 Å². The fraction of sp³-hybridized carbons (Fsp3) is 0.167. The van der Waals surface area contributed by atoms with Crippen LogP contribution in [-0.2, 0) is 15.7 Å². The number of esters is 1. The number of hydrogen-bond acceptors (Lipinski definition) is 3. The SMILES string of the molecule is COC(=O)C=Cc1ccc(C#N)cc1C(F)(F)F. The summed E-state index contributed by atoms with van der Waals surface area (Å²) in [6.45, 7) is 0. The number of carbonyl (C=O) groups excluding carboxylic acids is 1. The summed E-state index contributed by atoms with van der Waals surface area (Å²) in [5, 5.41) is 8.57. The quantitative estimate of drug-likeness (QED) is 0.603. The maximum Gasteiger partial charge on any atom is 0.417 e. The zero-order valence-corrected chi connectivity index (χ0v) is 9.28. The van der Waals surface area contributed by atoms with Crippen molar-refractivity contribution in [1.29, 1.82) is 5.26 Å². The zero-order valence-electron chi connectivity index (χ0n) is 9.28. The Labute approximate surface area is 101 Å². The summed E-state index contributed by atoms with van der Waals surface area (Å²) < 4.78 is 42.4. The van der Waals surface area contributed by atoms with Crippen LogP contribution in [0.2, 0.25) is 0 Å². The second kappa shape index (κ2) is 5.36. The molecule has 0 bridgehead atoms. The highest BCUT2D eigenvalue weighted by Gasteiger charge is 2.33. The lowest BCUT2D eigenvalue weighted by molar-refractivity contribution is -0.138. The van der Waals surface area contributed by atoms with Crippen LogP contribution >= 0.6 is 0 Å². The van der Waals surface area contributed by atoms with Gasteiger partial charge in [0, 0.05) is 6.08 Å². The van der Waals surface area contributed by atoms with Crippen LogP contribution in [0.15, 0.2) is 24.3 Å². The molecule has 6 heteroatoms. The predicted octanol–water partition coefficient (Wildman–Crippen LogP) is 2.76. The lowest BCUT2D eigenvalue weighted by Gasteiger charge is -2.10. The molecule has 0 saturated carbocycles. The monoisotopic (exact) mass is 255 g/mol. The van der Waals surface area contributed by atoms with Gasteiger partial charge in [0.2, 0.25) is 0 Å². The van der Waals surface area contributed by atoms with Gasteiger partial charge in [-0.05, 0) is 23.8 Å². The number of halogens is 3. The number of carbonyl (C=O) groups is 1. The molecule has 0 radical (unpaired) electrons. The van der Waals surface area contributed by atoms with Crippen molar-refractivity contribution in [3.05, 3.63) is 41.0 Å². The third kappa shape index (κ3) is 3.35. The molecular formula is C12H8F3NO2. The van der Waals surface area contributed by atoms with E-state index in [2.05, 4.69) is 4.74 Å². The van der Waals surface area contributed by atoms with Gasteiger partial charge in [-0.2, -0.15) is 18.4 Å². The number of hydrogen-bond donors (Lipinski definition) is 0. The molecule has 0 unspecified atom stereocenters. The highest BCUT2D eigenvalue weighted by molar-refractivity contribution is 5.87. The third-order valence-electron chi connectivity index (χ3n) is 2.09. The minimum atomic E-state index is -4.59. The number of benzene rings is 1. The third-order valence-corrected chi connectivity index (χ3v) is 2.09. The van der Waals surface area contributed by atoms with Crippen molar-refractivity contribution in [3.8, 4) is 6.07 Å². The number of ether oxygens (including phenoxy) is 1. The molecule has 0 heterocycles. The summed E-state index contributed by atoms with van der Waals surface area (Å²) in [6.07, 6.45) is -2.71. The fourth-order valence-electron chi connectivity index (χ4n) is 1.24. The molecule has 0 N–H and O–H groups in total. The van der Waals surface area contributed by atoms with Gasteiger partial charge in [0.1, 0.15) is 0 Å². The first-order chi connectivity index (χ1) is 8.38. The van der Waals surface area contributed by atoms with E-state index in [1.165, 1.54) is 6.07 Å². The number of methoxy groups -OCH3 is 1. The summed E-state index contributed by atoms with van der Waals surface area (Å²) in [6, 6.07) is 4.73. The molecule has 0 aliphatic carbocycles. The molecule has 0 spiro atoms. The molecule has 0 amide bonds. The Morgan fingerprint density at radius 1 is 1.44 bits per heavy atom. The van der Waals surface area contributed by atoms with Crippen molar-refractivity contribution in [3.63, 3.8) is 0 Å². The van der Waals surface area contributed by atoms with Crippen molar-refractivity contribution < 1.29 is 22.7 Å². The predicted molar refractivity (Wildman–Crippen MR) is 57.2 cm³/mol. The summed E-state index contributed by atoms with van der Waals surface area (Å²) in [4.78, 5) is 10.8. The Balaban J connectivity index is 3.24. The normalized spacial score (nSPS) is 11.3. The van der Waals surface area contributed by atoms with E-state index in [0.29, 0.717) is 0 Å². The molecule has 1 rings (SSSR count). The van der Waals surface area contributed by atoms with Gasteiger partial charge in [0.15, 0.2) is 0 Å². The molecule has 1 aromatic carbocycles. The van der Waals surface area contributed by atoms with Crippen molar-refractivity contribution in [1.82, 2.24) is 0 Å². The van der Waals surface area contributed by atoms with Gasteiger partial charge < -0.3 is 4.74 Å². The Hall–Kier alpha value is -2.29. The first-order valence-electron chi connectivity index (χ1n) is 4.76. The van der Waals surface area contributed by atoms with E-state index in [9.17, 15) is 18.0 Å². The van der Waals surface area contributed by atoms with E-state index in [4.69, 9.17) is 5.26 Å². The van der Waals surface area contributed by atoms with Gasteiger partial charge in [-0.25, -0.2) is 4.79 Å². The van der Waals surface area contributed by atoms with E-state index in [0.717, 1.165) is 31.4 Å². The molecule has 1 aromatic rings. The first-order valence-corrected chi connectivity index (χ1v) is 4.76. The molecule has 0 aliphatic rings. The van der Waals surface area contributed by atoms with Crippen molar-refractivity contribution >= 4 is 12.0 Å². The molecule has 0 saturated heterocycles. The van der Waals surface area contributed by atoms with E-state index in [1.807, 2.05) is 0 Å². The Morgan fingerprint density at radius 3 is 2.61 bits per heavy atom. The summed E-state index contributed by atoms with van der Waals surface area (Å²) >= 11 is 0. The Morgan fingerprint density at radius 2 is 2.11 bits per heavy atom. The molecule has 0 fully saturated rings. The van der Waals surface area contributed by atoms with E-state index >= 15 is 0 Å². The van der Waals surface area contributed by atoms with E-state index in [1.54, 1.807) is 6.07 Å². The minimum Gasteiger partial charge on any atom is -0.466 e. The maximum atomic E-state index is 12.7. The highest BCUT2D eigenvalue weighted by atomic mass is 19.4. The van der Waals surface area contributed by atoms with Crippen LogP contribution in [0.25, 0.3) is 6.08 Å². The first kappa shape index (κ1) is 13.8. The zero-order chi connectivity index (χ0) is 13.8. The second-order valence-corrected chi connectivity index (χ2v) is 3.27. The molecule has 3 nitrogen and oxygen atoms in total. The fourth-order valence-corrected chi connectivity index (χ4v) is 1.24. The maximum absolute atomic E-state index is 12.7. The van der Waals surface area contributed by atoms with Gasteiger partial charge in [-0.3, -0.25) is 0 Å². The molecular weight excluding hydrogens is 247 g/mol. The Kier molecular flexibility index (Phi) is 4.10. The van der Waals surface area contributed by atoms with Crippen LogP contribution in [0.4, 0.5) is 13.2 Å². The van der Waals surface area contributed by atoms with Gasteiger partial charge >= 0.3 is 12.1 Å². The molecule has 94 valence electrons. The average Bonchev–Trinajstić information content (AvgIpc) is 2.34. The molecule has 18 heavy (non-hydrogen) atoms. The topological polar surface area (TPSA) is 50.1 Å². The van der Waals surface area contributed by atoms with Crippen LogP contribution in [0.1, 0.15) is 16.7 Å². The standard InChI is InChI=1S/C12H8F3NO2/c1-18-11(17)5-4-9-3-2-8(7-16)6-10(9)12(13,14)15/h2-6H,1H3. The largest absolute Gasteiger partial charge is 0.466 e. The van der Waals surface area contributed by atoms with Gasteiger partial charge in [-0.15, -0.1) is 0 Å². The number of rotatable bonds is 2. The smallest absolute Gasteiger partial charge is 0.417 e. The number of alkyl halides is 3. The van der Waals surface area contributed by atoms with E-state index in [-0.39, 0.29) is 11.1 Å². The summed E-state index contributed by atoms with van der Waals surface area (Å²) in [5.74, 6) is -0.757. The van der Waals surface area contributed by atoms with Crippen LogP contribution in [0.3, 0.4) is 0 Å². The van der Waals surface area contributed by atoms with Crippen LogP contribution in [0, 0.1) is 11.3 Å². The number of nitriles is 1. The van der Waals surface area contributed by atoms with Crippen LogP contribution in [-0.4, -0.2) is 13.1 Å². The van der Waals surface area contributed by atoms with Crippen LogP contribution < -0.4 is 0 Å². The van der Waals surface area contributed by atoms with E-state index < -0.39 is 17.7 Å². The molecule has 0 aromatic heterocycles. The average molecular weight is 255 g/mol. The van der Waals surface area contributed by atoms with Crippen molar-refractivity contribution in [2.75, 3.05) is 7.11 Å². The van der Waals surface area contributed by atoms with Crippen molar-refractivity contribution in [2.45, 2.75) is 6.18 Å². The lowest BCUT2D eigenvalue weighted by atomic mass is 10.0. The molecule has 0 aliphatic heterocycles. The van der Waals surface area contributed by atoms with Gasteiger partial charge in [0.25, 0.3) is 0 Å². The Bertz CT molecular complexity index is 527. The number of nitrogens with zero attached hydrogens (tertiary/aromatic N) is 1.